The minimum absolute atomic E-state index is 0.0977. The van der Waals surface area contributed by atoms with E-state index in [1.807, 2.05) is 49.0 Å². The third-order valence-corrected chi connectivity index (χ3v) is 8.79. The lowest BCUT2D eigenvalue weighted by Gasteiger charge is -2.39. The van der Waals surface area contributed by atoms with Crippen LogP contribution in [0.4, 0.5) is 0 Å². The highest BCUT2D eigenvalue weighted by atomic mass is 35.5. The molecule has 2 saturated heterocycles. The van der Waals surface area contributed by atoms with Gasteiger partial charge in [0.05, 0.1) is 5.02 Å². The van der Waals surface area contributed by atoms with Crippen molar-refractivity contribution in [2.24, 2.45) is 0 Å². The van der Waals surface area contributed by atoms with Gasteiger partial charge in [-0.15, -0.1) is 11.8 Å². The number of thioether (sulfide) groups is 1. The van der Waals surface area contributed by atoms with Crippen molar-refractivity contribution in [2.45, 2.75) is 75.3 Å². The molecule has 2 aliphatic rings. The molecule has 2 unspecified atom stereocenters. The quantitative estimate of drug-likeness (QED) is 0.320. The highest BCUT2D eigenvalue weighted by Gasteiger charge is 2.44. The summed E-state index contributed by atoms with van der Waals surface area (Å²) in [7, 11) is 0. The first-order chi connectivity index (χ1) is 16.9. The molecule has 2 atom stereocenters. The first kappa shape index (κ1) is 24.3. The Morgan fingerprint density at radius 1 is 0.943 bits per heavy atom. The molecule has 5 heteroatoms. The van der Waals surface area contributed by atoms with Crippen molar-refractivity contribution >= 4 is 29.3 Å². The lowest BCUT2D eigenvalue weighted by molar-refractivity contribution is 0.0359. The number of benzene rings is 3. The second-order valence-corrected chi connectivity index (χ2v) is 11.4. The Morgan fingerprint density at radius 2 is 1.60 bits per heavy atom. The number of carbonyl (C=O) groups excluding carboxylic acids is 1. The number of carbonyl (C=O) groups is 1. The van der Waals surface area contributed by atoms with E-state index in [4.69, 9.17) is 16.3 Å². The zero-order valence-corrected chi connectivity index (χ0v) is 22.2. The van der Waals surface area contributed by atoms with Crippen LogP contribution in [-0.4, -0.2) is 29.0 Å². The predicted molar refractivity (Wildman–Crippen MR) is 145 cm³/mol. The number of rotatable bonds is 6. The molecule has 1 amide bonds. The minimum Gasteiger partial charge on any atom is -0.489 e. The third-order valence-electron chi connectivity index (χ3n) is 7.23. The molecule has 2 aliphatic heterocycles. The number of piperidine rings is 1. The molecular formula is C30H32ClNO2S. The molecule has 5 rings (SSSR count). The van der Waals surface area contributed by atoms with Gasteiger partial charge >= 0.3 is 0 Å². The minimum atomic E-state index is 0.0977. The second kappa shape index (κ2) is 10.3. The van der Waals surface area contributed by atoms with Crippen LogP contribution < -0.4 is 4.74 Å². The molecule has 0 N–H and O–H groups in total. The van der Waals surface area contributed by atoms with Crippen LogP contribution >= 0.6 is 23.4 Å². The van der Waals surface area contributed by atoms with Crippen molar-refractivity contribution in [3.63, 3.8) is 0 Å². The van der Waals surface area contributed by atoms with Crippen molar-refractivity contribution < 1.29 is 9.53 Å². The smallest absolute Gasteiger partial charge is 0.254 e. The maximum atomic E-state index is 13.5. The van der Waals surface area contributed by atoms with Crippen LogP contribution in [0.2, 0.25) is 5.02 Å². The number of hydrogen-bond donors (Lipinski definition) is 0. The Morgan fingerprint density at radius 3 is 2.29 bits per heavy atom. The van der Waals surface area contributed by atoms with Crippen LogP contribution in [0.15, 0.2) is 65.6 Å². The summed E-state index contributed by atoms with van der Waals surface area (Å²) in [5.41, 5.74) is 5.75. The standard InChI is InChI=1S/C30H32ClNO2S/c1-19-5-13-29(21(3)14-19)35-18-22-6-8-23(9-7-22)30(33)32-24-10-11-25(32)17-26(16-24)34-28-15-20(2)4-12-27(28)31/h4-9,12-15,24-26H,10-11,16-18H2,1-3H3. The van der Waals surface area contributed by atoms with E-state index in [1.54, 1.807) is 0 Å². The van der Waals surface area contributed by atoms with Crippen molar-refractivity contribution in [2.75, 3.05) is 0 Å². The zero-order chi connectivity index (χ0) is 24.5. The first-order valence-corrected chi connectivity index (χ1v) is 13.8. The summed E-state index contributed by atoms with van der Waals surface area (Å²) in [4.78, 5) is 16.9. The van der Waals surface area contributed by atoms with Crippen LogP contribution in [-0.2, 0) is 5.75 Å². The number of hydrogen-bond acceptors (Lipinski definition) is 3. The van der Waals surface area contributed by atoms with Gasteiger partial charge in [0, 0.05) is 41.1 Å². The number of halogens is 1. The molecule has 3 aromatic carbocycles. The maximum Gasteiger partial charge on any atom is 0.254 e. The van der Waals surface area contributed by atoms with E-state index >= 15 is 0 Å². The summed E-state index contributed by atoms with van der Waals surface area (Å²) in [6.45, 7) is 6.33. The predicted octanol–water partition coefficient (Wildman–Crippen LogP) is 7.77. The lowest BCUT2D eigenvalue weighted by Crippen LogP contribution is -2.49. The van der Waals surface area contributed by atoms with Gasteiger partial charge in [0.15, 0.2) is 0 Å². The van der Waals surface area contributed by atoms with Gasteiger partial charge in [-0.05, 0) is 80.6 Å². The van der Waals surface area contributed by atoms with E-state index in [-0.39, 0.29) is 24.1 Å². The molecule has 3 aromatic rings. The maximum absolute atomic E-state index is 13.5. The zero-order valence-electron chi connectivity index (χ0n) is 20.6. The van der Waals surface area contributed by atoms with Gasteiger partial charge in [-0.2, -0.15) is 0 Å². The molecular weight excluding hydrogens is 474 g/mol. The van der Waals surface area contributed by atoms with Crippen LogP contribution in [0.5, 0.6) is 5.75 Å². The molecule has 0 aliphatic carbocycles. The Balaban J connectivity index is 1.21. The highest BCUT2D eigenvalue weighted by molar-refractivity contribution is 7.98. The number of nitrogens with zero attached hydrogens (tertiary/aromatic N) is 1. The summed E-state index contributed by atoms with van der Waals surface area (Å²) >= 11 is 8.20. The Labute approximate surface area is 217 Å². The normalized spacial score (nSPS) is 21.3. The molecule has 0 aromatic heterocycles. The average molecular weight is 506 g/mol. The molecule has 35 heavy (non-hydrogen) atoms. The topological polar surface area (TPSA) is 29.5 Å². The average Bonchev–Trinajstić information content (AvgIpc) is 3.11. The van der Waals surface area contributed by atoms with Crippen LogP contribution in [0.3, 0.4) is 0 Å². The molecule has 2 heterocycles. The van der Waals surface area contributed by atoms with Gasteiger partial charge in [0.2, 0.25) is 0 Å². The molecule has 3 nitrogen and oxygen atoms in total. The van der Waals surface area contributed by atoms with Crippen LogP contribution in [0, 0.1) is 20.8 Å². The highest BCUT2D eigenvalue weighted by Crippen LogP contribution is 2.39. The van der Waals surface area contributed by atoms with Crippen molar-refractivity contribution in [1.29, 1.82) is 0 Å². The molecule has 0 saturated carbocycles. The fourth-order valence-corrected chi connectivity index (χ4v) is 6.58. The number of fused-ring (bicyclic) bond motifs is 2. The van der Waals surface area contributed by atoms with E-state index in [0.29, 0.717) is 5.02 Å². The molecule has 2 fully saturated rings. The first-order valence-electron chi connectivity index (χ1n) is 12.4. The van der Waals surface area contributed by atoms with Gasteiger partial charge in [0.25, 0.3) is 5.91 Å². The summed E-state index contributed by atoms with van der Waals surface area (Å²) in [6.07, 6.45) is 3.90. The lowest BCUT2D eigenvalue weighted by atomic mass is 9.98. The van der Waals surface area contributed by atoms with Crippen LogP contribution in [0.25, 0.3) is 0 Å². The SMILES string of the molecule is Cc1ccc(SCc2ccc(C(=O)N3C4CCC3CC(Oc3cc(C)ccc3Cl)C4)cc2)c(C)c1. The Kier molecular flexibility index (Phi) is 7.13. The summed E-state index contributed by atoms with van der Waals surface area (Å²) in [5.74, 6) is 1.80. The fraction of sp³-hybridized carbons (Fsp3) is 0.367. The van der Waals surface area contributed by atoms with Gasteiger partial charge in [-0.1, -0.05) is 47.5 Å². The third kappa shape index (κ3) is 5.39. The summed E-state index contributed by atoms with van der Waals surface area (Å²) in [6, 6.07) is 21.1. The second-order valence-electron chi connectivity index (χ2n) is 10.00. The van der Waals surface area contributed by atoms with Crippen LogP contribution in [0.1, 0.15) is 58.3 Å². The Hall–Kier alpha value is -2.43. The summed E-state index contributed by atoms with van der Waals surface area (Å²) < 4.78 is 6.30. The number of ether oxygens (including phenoxy) is 1. The summed E-state index contributed by atoms with van der Waals surface area (Å²) in [5, 5.41) is 0.650. The van der Waals surface area contributed by atoms with E-state index in [2.05, 4.69) is 49.1 Å². The van der Waals surface area contributed by atoms with E-state index in [9.17, 15) is 4.79 Å². The van der Waals surface area contributed by atoms with E-state index < -0.39 is 0 Å². The Bertz CT molecular complexity index is 1210. The number of aryl methyl sites for hydroxylation is 3. The molecule has 0 radical (unpaired) electrons. The van der Waals surface area contributed by atoms with Gasteiger partial charge in [-0.3, -0.25) is 4.79 Å². The van der Waals surface area contributed by atoms with E-state index in [1.165, 1.54) is 21.6 Å². The van der Waals surface area contributed by atoms with Gasteiger partial charge < -0.3 is 9.64 Å². The van der Waals surface area contributed by atoms with Crippen molar-refractivity contribution in [1.82, 2.24) is 4.90 Å². The largest absolute Gasteiger partial charge is 0.489 e. The van der Waals surface area contributed by atoms with Crippen molar-refractivity contribution in [3.05, 3.63) is 93.5 Å². The molecule has 182 valence electrons. The number of amides is 1. The van der Waals surface area contributed by atoms with Crippen molar-refractivity contribution in [3.8, 4) is 5.75 Å². The van der Waals surface area contributed by atoms with Gasteiger partial charge in [-0.25, -0.2) is 0 Å². The molecule has 0 spiro atoms. The monoisotopic (exact) mass is 505 g/mol. The fourth-order valence-electron chi connectivity index (χ4n) is 5.45. The van der Waals surface area contributed by atoms with E-state index in [0.717, 1.165) is 48.3 Å². The van der Waals surface area contributed by atoms with Gasteiger partial charge in [0.1, 0.15) is 11.9 Å². The molecule has 2 bridgehead atoms.